The third kappa shape index (κ3) is 2.42. The molecule has 1 fully saturated rings. The summed E-state index contributed by atoms with van der Waals surface area (Å²) < 4.78 is 10.7. The number of aromatic nitrogens is 1. The molecule has 3 heterocycles. The molecule has 1 aromatic carbocycles. The molecular weight excluding hydrogens is 302 g/mol. The topological polar surface area (TPSA) is 63.7 Å². The van der Waals surface area contributed by atoms with Gasteiger partial charge in [-0.25, -0.2) is 4.98 Å². The predicted octanol–water partition coefficient (Wildman–Crippen LogP) is 1.58. The second kappa shape index (κ2) is 5.58. The number of piperazine rings is 1. The first-order valence-corrected chi connectivity index (χ1v) is 7.99. The van der Waals surface area contributed by atoms with Gasteiger partial charge in [0.05, 0.1) is 6.20 Å². The zero-order valence-corrected chi connectivity index (χ0v) is 12.7. The average molecular weight is 317 g/mol. The zero-order chi connectivity index (χ0) is 14.9. The van der Waals surface area contributed by atoms with Crippen molar-refractivity contribution in [1.29, 1.82) is 0 Å². The van der Waals surface area contributed by atoms with E-state index in [1.54, 1.807) is 6.20 Å². The summed E-state index contributed by atoms with van der Waals surface area (Å²) in [5, 5.41) is 4.06. The molecule has 0 saturated carbocycles. The largest absolute Gasteiger partial charge is 0.454 e. The summed E-state index contributed by atoms with van der Waals surface area (Å²) in [6.07, 6.45) is 1.66. The third-order valence-corrected chi connectivity index (χ3v) is 4.77. The molecule has 0 bridgehead atoms. The molecule has 4 rings (SSSR count). The Morgan fingerprint density at radius 3 is 2.91 bits per heavy atom. The first kappa shape index (κ1) is 13.5. The standard InChI is InChI=1S/C15H15N3O3S/c19-15(18-5-3-16-4-6-18)13-8-17-14(22-13)10-1-2-11-12(7-10)21-9-20-11/h1-2,7-8,16H,3-6,9H2. The van der Waals surface area contributed by atoms with Gasteiger partial charge in [0.25, 0.3) is 5.91 Å². The van der Waals surface area contributed by atoms with E-state index in [-0.39, 0.29) is 12.7 Å². The minimum absolute atomic E-state index is 0.0611. The number of thiazole rings is 1. The SMILES string of the molecule is O=C(c1cnc(-c2ccc3c(c2)OCO3)s1)N1CCNCC1. The second-order valence-electron chi connectivity index (χ2n) is 5.14. The Balaban J connectivity index is 1.57. The predicted molar refractivity (Wildman–Crippen MR) is 82.4 cm³/mol. The summed E-state index contributed by atoms with van der Waals surface area (Å²) in [5.41, 5.74) is 0.939. The molecule has 0 aliphatic carbocycles. The second-order valence-corrected chi connectivity index (χ2v) is 6.17. The Morgan fingerprint density at radius 2 is 2.05 bits per heavy atom. The van der Waals surface area contributed by atoms with Crippen LogP contribution in [0.4, 0.5) is 0 Å². The molecule has 7 heteroatoms. The molecule has 0 atom stereocenters. The number of nitrogens with zero attached hydrogens (tertiary/aromatic N) is 2. The van der Waals surface area contributed by atoms with Crippen molar-refractivity contribution in [2.24, 2.45) is 0 Å². The first-order valence-electron chi connectivity index (χ1n) is 7.17. The van der Waals surface area contributed by atoms with E-state index in [0.717, 1.165) is 48.2 Å². The van der Waals surface area contributed by atoms with Crippen molar-refractivity contribution in [2.45, 2.75) is 0 Å². The summed E-state index contributed by atoms with van der Waals surface area (Å²) in [7, 11) is 0. The highest BCUT2D eigenvalue weighted by Gasteiger charge is 2.21. The molecule has 1 saturated heterocycles. The Kier molecular flexibility index (Phi) is 3.44. The highest BCUT2D eigenvalue weighted by atomic mass is 32.1. The monoisotopic (exact) mass is 317 g/mol. The number of amides is 1. The van der Waals surface area contributed by atoms with Crippen LogP contribution in [0.15, 0.2) is 24.4 Å². The van der Waals surface area contributed by atoms with Crippen LogP contribution in [0.25, 0.3) is 10.6 Å². The van der Waals surface area contributed by atoms with Gasteiger partial charge in [-0.15, -0.1) is 11.3 Å². The lowest BCUT2D eigenvalue weighted by molar-refractivity contribution is 0.0740. The van der Waals surface area contributed by atoms with Crippen LogP contribution in [0, 0.1) is 0 Å². The summed E-state index contributed by atoms with van der Waals surface area (Å²) in [4.78, 5) is 19.4. The normalized spacial score (nSPS) is 16.8. The minimum Gasteiger partial charge on any atom is -0.454 e. The van der Waals surface area contributed by atoms with Crippen LogP contribution in [-0.2, 0) is 0 Å². The summed E-state index contributed by atoms with van der Waals surface area (Å²) in [6, 6.07) is 5.71. The van der Waals surface area contributed by atoms with E-state index in [4.69, 9.17) is 9.47 Å². The van der Waals surface area contributed by atoms with Gasteiger partial charge in [0.15, 0.2) is 11.5 Å². The van der Waals surface area contributed by atoms with Crippen molar-refractivity contribution in [3.8, 4) is 22.1 Å². The minimum atomic E-state index is 0.0611. The molecule has 0 unspecified atom stereocenters. The molecule has 22 heavy (non-hydrogen) atoms. The van der Waals surface area contributed by atoms with Gasteiger partial charge in [-0.05, 0) is 18.2 Å². The molecule has 2 aromatic rings. The lowest BCUT2D eigenvalue weighted by Gasteiger charge is -2.26. The van der Waals surface area contributed by atoms with E-state index in [1.807, 2.05) is 23.1 Å². The van der Waals surface area contributed by atoms with Crippen molar-refractivity contribution < 1.29 is 14.3 Å². The van der Waals surface area contributed by atoms with Gasteiger partial charge >= 0.3 is 0 Å². The van der Waals surface area contributed by atoms with E-state index in [2.05, 4.69) is 10.3 Å². The number of hydrogen-bond donors (Lipinski definition) is 1. The summed E-state index contributed by atoms with van der Waals surface area (Å²) in [6.45, 7) is 3.44. The fourth-order valence-electron chi connectivity index (χ4n) is 2.56. The van der Waals surface area contributed by atoms with Crippen molar-refractivity contribution in [2.75, 3.05) is 33.0 Å². The maximum absolute atomic E-state index is 12.5. The lowest BCUT2D eigenvalue weighted by atomic mass is 10.2. The van der Waals surface area contributed by atoms with Gasteiger partial charge in [-0.3, -0.25) is 4.79 Å². The van der Waals surface area contributed by atoms with Gasteiger partial charge in [-0.2, -0.15) is 0 Å². The van der Waals surface area contributed by atoms with Gasteiger partial charge in [0.2, 0.25) is 6.79 Å². The van der Waals surface area contributed by atoms with Crippen LogP contribution in [0.1, 0.15) is 9.67 Å². The number of nitrogens with one attached hydrogen (secondary N) is 1. The van der Waals surface area contributed by atoms with Gasteiger partial charge < -0.3 is 19.7 Å². The van der Waals surface area contributed by atoms with E-state index in [9.17, 15) is 4.79 Å². The summed E-state index contributed by atoms with van der Waals surface area (Å²) in [5.74, 6) is 1.53. The summed E-state index contributed by atoms with van der Waals surface area (Å²) >= 11 is 1.41. The number of hydrogen-bond acceptors (Lipinski definition) is 6. The van der Waals surface area contributed by atoms with Crippen LogP contribution in [0.3, 0.4) is 0 Å². The maximum atomic E-state index is 12.5. The Hall–Kier alpha value is -2.12. The Morgan fingerprint density at radius 1 is 1.23 bits per heavy atom. The van der Waals surface area contributed by atoms with E-state index in [1.165, 1.54) is 11.3 Å². The lowest BCUT2D eigenvalue weighted by Crippen LogP contribution is -2.46. The molecule has 2 aliphatic heterocycles. The van der Waals surface area contributed by atoms with Crippen molar-refractivity contribution >= 4 is 17.2 Å². The smallest absolute Gasteiger partial charge is 0.265 e. The Bertz CT molecular complexity index is 710. The fourth-order valence-corrected chi connectivity index (χ4v) is 3.44. The molecule has 2 aliphatic rings. The third-order valence-electron chi connectivity index (χ3n) is 3.74. The highest BCUT2D eigenvalue weighted by molar-refractivity contribution is 7.16. The van der Waals surface area contributed by atoms with E-state index >= 15 is 0 Å². The van der Waals surface area contributed by atoms with Crippen LogP contribution < -0.4 is 14.8 Å². The number of carbonyl (C=O) groups excluding carboxylic acids is 1. The highest BCUT2D eigenvalue weighted by Crippen LogP contribution is 2.37. The van der Waals surface area contributed by atoms with Gasteiger partial charge in [0, 0.05) is 31.7 Å². The van der Waals surface area contributed by atoms with Gasteiger partial charge in [-0.1, -0.05) is 0 Å². The molecule has 0 spiro atoms. The van der Waals surface area contributed by atoms with E-state index < -0.39 is 0 Å². The van der Waals surface area contributed by atoms with Crippen LogP contribution in [-0.4, -0.2) is 48.8 Å². The molecule has 1 aromatic heterocycles. The van der Waals surface area contributed by atoms with Crippen molar-refractivity contribution in [3.63, 3.8) is 0 Å². The number of benzene rings is 1. The first-order chi connectivity index (χ1) is 10.8. The average Bonchev–Trinajstić information content (AvgIpc) is 3.23. The quantitative estimate of drug-likeness (QED) is 0.911. The van der Waals surface area contributed by atoms with Crippen LogP contribution >= 0.6 is 11.3 Å². The van der Waals surface area contributed by atoms with Crippen LogP contribution in [0.5, 0.6) is 11.5 Å². The van der Waals surface area contributed by atoms with Crippen molar-refractivity contribution in [1.82, 2.24) is 15.2 Å². The number of rotatable bonds is 2. The molecule has 114 valence electrons. The Labute approximate surface area is 131 Å². The zero-order valence-electron chi connectivity index (χ0n) is 11.9. The van der Waals surface area contributed by atoms with E-state index in [0.29, 0.717) is 4.88 Å². The molecular formula is C15H15N3O3S. The maximum Gasteiger partial charge on any atom is 0.265 e. The fraction of sp³-hybridized carbons (Fsp3) is 0.333. The number of carbonyl (C=O) groups is 1. The number of ether oxygens (including phenoxy) is 2. The van der Waals surface area contributed by atoms with Gasteiger partial charge in [0.1, 0.15) is 9.88 Å². The molecule has 6 nitrogen and oxygen atoms in total. The molecule has 0 radical (unpaired) electrons. The molecule has 1 N–H and O–H groups in total. The van der Waals surface area contributed by atoms with Crippen molar-refractivity contribution in [3.05, 3.63) is 29.3 Å². The van der Waals surface area contributed by atoms with Crippen LogP contribution in [0.2, 0.25) is 0 Å². The molecule has 1 amide bonds. The number of fused-ring (bicyclic) bond motifs is 1.